The van der Waals surface area contributed by atoms with Crippen LogP contribution in [0.15, 0.2) is 17.5 Å². The van der Waals surface area contributed by atoms with Gasteiger partial charge in [-0.25, -0.2) is 0 Å². The molecule has 0 radical (unpaired) electrons. The van der Waals surface area contributed by atoms with Crippen LogP contribution in [0.2, 0.25) is 0 Å². The predicted octanol–water partition coefficient (Wildman–Crippen LogP) is 4.94. The molecule has 1 unspecified atom stereocenters. The van der Waals surface area contributed by atoms with Crippen molar-refractivity contribution >= 4 is 27.3 Å². The van der Waals surface area contributed by atoms with E-state index >= 15 is 0 Å². The highest BCUT2D eigenvalue weighted by Crippen LogP contribution is 2.33. The third-order valence-electron chi connectivity index (χ3n) is 3.98. The molecule has 1 heterocycles. The van der Waals surface area contributed by atoms with Crippen LogP contribution >= 0.6 is 27.3 Å². The maximum atomic E-state index is 3.70. The van der Waals surface area contributed by atoms with Gasteiger partial charge in [0.05, 0.1) is 0 Å². The van der Waals surface area contributed by atoms with Gasteiger partial charge in [0.2, 0.25) is 0 Å². The van der Waals surface area contributed by atoms with Gasteiger partial charge in [0, 0.05) is 22.8 Å². The summed E-state index contributed by atoms with van der Waals surface area (Å²) in [6.07, 6.45) is 2.46. The van der Waals surface area contributed by atoms with Crippen LogP contribution in [0.1, 0.15) is 44.5 Å². The monoisotopic (exact) mass is 317 g/mol. The lowest BCUT2D eigenvalue weighted by atomic mass is 9.84. The first kappa shape index (κ1) is 15.2. The first-order valence-electron chi connectivity index (χ1n) is 6.38. The highest BCUT2D eigenvalue weighted by molar-refractivity contribution is 9.09. The van der Waals surface area contributed by atoms with Crippen molar-refractivity contribution in [1.29, 1.82) is 0 Å². The Morgan fingerprint density at radius 1 is 1.41 bits per heavy atom. The minimum Gasteiger partial charge on any atom is -0.298 e. The maximum Gasteiger partial charge on any atom is 0.0410 e. The molecule has 1 atom stereocenters. The second kappa shape index (κ2) is 6.91. The van der Waals surface area contributed by atoms with Gasteiger partial charge >= 0.3 is 0 Å². The summed E-state index contributed by atoms with van der Waals surface area (Å²) >= 11 is 5.55. The fourth-order valence-corrected chi connectivity index (χ4v) is 3.94. The lowest BCUT2D eigenvalue weighted by molar-refractivity contribution is 0.152. The Bertz CT molecular complexity index is 298. The molecule has 17 heavy (non-hydrogen) atoms. The minimum atomic E-state index is 0.417. The van der Waals surface area contributed by atoms with E-state index in [-0.39, 0.29) is 0 Å². The third kappa shape index (κ3) is 3.80. The van der Waals surface area contributed by atoms with Gasteiger partial charge < -0.3 is 0 Å². The van der Waals surface area contributed by atoms with Gasteiger partial charge in [0.15, 0.2) is 0 Å². The van der Waals surface area contributed by atoms with Gasteiger partial charge in [0.25, 0.3) is 0 Å². The van der Waals surface area contributed by atoms with Crippen LogP contribution in [0.3, 0.4) is 0 Å². The molecular weight excluding hydrogens is 294 g/mol. The first-order valence-corrected chi connectivity index (χ1v) is 8.38. The smallest absolute Gasteiger partial charge is 0.0410 e. The molecule has 0 saturated heterocycles. The van der Waals surface area contributed by atoms with Gasteiger partial charge in [-0.15, -0.1) is 11.3 Å². The Labute approximate surface area is 118 Å². The van der Waals surface area contributed by atoms with Crippen LogP contribution in [0.5, 0.6) is 0 Å². The second-order valence-corrected chi connectivity index (χ2v) is 6.49. The molecule has 0 aliphatic carbocycles. The van der Waals surface area contributed by atoms with Gasteiger partial charge in [-0.2, -0.15) is 0 Å². The van der Waals surface area contributed by atoms with E-state index in [9.17, 15) is 0 Å². The van der Waals surface area contributed by atoms with E-state index in [4.69, 9.17) is 0 Å². The number of hydrogen-bond donors (Lipinski definition) is 0. The van der Waals surface area contributed by atoms with Crippen LogP contribution in [0, 0.1) is 5.41 Å². The molecule has 3 heteroatoms. The Morgan fingerprint density at radius 2 is 2.06 bits per heavy atom. The van der Waals surface area contributed by atoms with Crippen molar-refractivity contribution in [3.05, 3.63) is 22.4 Å². The summed E-state index contributed by atoms with van der Waals surface area (Å²) in [4.78, 5) is 3.95. The Balaban J connectivity index is 2.67. The number of thiophene rings is 1. The summed E-state index contributed by atoms with van der Waals surface area (Å²) in [5, 5.41) is 3.26. The van der Waals surface area contributed by atoms with E-state index < -0.39 is 0 Å². The number of hydrogen-bond acceptors (Lipinski definition) is 2. The highest BCUT2D eigenvalue weighted by atomic mass is 79.9. The van der Waals surface area contributed by atoms with E-state index in [1.54, 1.807) is 0 Å². The van der Waals surface area contributed by atoms with Gasteiger partial charge in [-0.3, -0.25) is 4.90 Å². The van der Waals surface area contributed by atoms with Crippen molar-refractivity contribution < 1.29 is 0 Å². The van der Waals surface area contributed by atoms with Gasteiger partial charge in [-0.1, -0.05) is 35.8 Å². The normalized spacial score (nSPS) is 14.2. The standard InChI is InChI=1S/C14H24BrNS/c1-5-14(6-2,10-15)11-16(4)12(3)13-8-7-9-17-13/h7-9,12H,5-6,10-11H2,1-4H3. The molecule has 1 aromatic heterocycles. The first-order chi connectivity index (χ1) is 8.08. The highest BCUT2D eigenvalue weighted by Gasteiger charge is 2.28. The molecule has 0 N–H and O–H groups in total. The van der Waals surface area contributed by atoms with Gasteiger partial charge in [-0.05, 0) is 43.7 Å². The Kier molecular flexibility index (Phi) is 6.18. The maximum absolute atomic E-state index is 3.70. The molecule has 0 fully saturated rings. The molecule has 0 spiro atoms. The molecule has 1 nitrogen and oxygen atoms in total. The van der Waals surface area contributed by atoms with Crippen LogP contribution in [0.25, 0.3) is 0 Å². The zero-order valence-electron chi connectivity index (χ0n) is 11.4. The molecule has 0 aliphatic heterocycles. The van der Waals surface area contributed by atoms with E-state index in [1.165, 1.54) is 17.7 Å². The third-order valence-corrected chi connectivity index (χ3v) is 6.22. The fraction of sp³-hybridized carbons (Fsp3) is 0.714. The average Bonchev–Trinajstić information content (AvgIpc) is 2.88. The van der Waals surface area contributed by atoms with E-state index in [0.29, 0.717) is 11.5 Å². The second-order valence-electron chi connectivity index (χ2n) is 4.95. The quantitative estimate of drug-likeness (QED) is 0.644. The van der Waals surface area contributed by atoms with Crippen molar-refractivity contribution in [2.24, 2.45) is 5.41 Å². The van der Waals surface area contributed by atoms with E-state index in [1.807, 2.05) is 11.3 Å². The topological polar surface area (TPSA) is 3.24 Å². The Morgan fingerprint density at radius 3 is 2.47 bits per heavy atom. The summed E-state index contributed by atoms with van der Waals surface area (Å²) in [6, 6.07) is 4.90. The summed E-state index contributed by atoms with van der Waals surface area (Å²) in [5.41, 5.74) is 0.417. The largest absolute Gasteiger partial charge is 0.298 e. The lowest BCUT2D eigenvalue weighted by Crippen LogP contribution is -2.37. The van der Waals surface area contributed by atoms with Crippen LogP contribution < -0.4 is 0 Å². The van der Waals surface area contributed by atoms with Crippen LogP contribution in [0.4, 0.5) is 0 Å². The zero-order chi connectivity index (χ0) is 12.9. The van der Waals surface area contributed by atoms with E-state index in [0.717, 1.165) is 11.9 Å². The van der Waals surface area contributed by atoms with Gasteiger partial charge in [0.1, 0.15) is 0 Å². The number of alkyl halides is 1. The zero-order valence-corrected chi connectivity index (χ0v) is 13.8. The molecule has 0 bridgehead atoms. The molecule has 98 valence electrons. The van der Waals surface area contributed by atoms with Crippen molar-refractivity contribution in [3.8, 4) is 0 Å². The molecule has 0 saturated carbocycles. The lowest BCUT2D eigenvalue weighted by Gasteiger charge is -2.36. The molecule has 1 rings (SSSR count). The fourth-order valence-electron chi connectivity index (χ4n) is 2.12. The predicted molar refractivity (Wildman–Crippen MR) is 82.2 cm³/mol. The van der Waals surface area contributed by atoms with Crippen LogP contribution in [-0.4, -0.2) is 23.8 Å². The molecule has 0 aliphatic rings. The van der Waals surface area contributed by atoms with Crippen molar-refractivity contribution in [1.82, 2.24) is 4.90 Å². The number of nitrogens with zero attached hydrogens (tertiary/aromatic N) is 1. The summed E-state index contributed by atoms with van der Waals surface area (Å²) in [6.45, 7) is 8.06. The van der Waals surface area contributed by atoms with Crippen molar-refractivity contribution in [3.63, 3.8) is 0 Å². The summed E-state index contributed by atoms with van der Waals surface area (Å²) in [5.74, 6) is 0. The van der Waals surface area contributed by atoms with Crippen molar-refractivity contribution in [2.45, 2.75) is 39.7 Å². The van der Waals surface area contributed by atoms with Crippen molar-refractivity contribution in [2.75, 3.05) is 18.9 Å². The Hall–Kier alpha value is 0.140. The molecule has 0 amide bonds. The van der Waals surface area contributed by atoms with Crippen LogP contribution in [-0.2, 0) is 0 Å². The summed E-state index contributed by atoms with van der Waals surface area (Å²) < 4.78 is 0. The van der Waals surface area contributed by atoms with E-state index in [2.05, 4.69) is 66.2 Å². The number of halogens is 1. The molecular formula is C14H24BrNS. The molecule has 1 aromatic rings. The minimum absolute atomic E-state index is 0.417. The number of rotatable bonds is 7. The SMILES string of the molecule is CCC(CC)(CBr)CN(C)C(C)c1cccs1. The summed E-state index contributed by atoms with van der Waals surface area (Å²) in [7, 11) is 2.24. The molecule has 0 aromatic carbocycles. The average molecular weight is 318 g/mol.